The second kappa shape index (κ2) is 9.01. The van der Waals surface area contributed by atoms with Crippen LogP contribution in [0.25, 0.3) is 5.65 Å². The lowest BCUT2D eigenvalue weighted by Gasteiger charge is -2.20. The van der Waals surface area contributed by atoms with Gasteiger partial charge in [-0.05, 0) is 42.0 Å². The largest absolute Gasteiger partial charge is 0.344 e. The van der Waals surface area contributed by atoms with Crippen LogP contribution in [0.3, 0.4) is 0 Å². The third-order valence-electron chi connectivity index (χ3n) is 4.06. The van der Waals surface area contributed by atoms with Gasteiger partial charge >= 0.3 is 0 Å². The van der Waals surface area contributed by atoms with Crippen molar-refractivity contribution in [1.29, 1.82) is 0 Å². The number of aromatic nitrogens is 3. The number of thioether (sulfide) groups is 1. The van der Waals surface area contributed by atoms with Gasteiger partial charge in [-0.1, -0.05) is 12.1 Å². The number of rotatable bonds is 8. The van der Waals surface area contributed by atoms with Gasteiger partial charge in [-0.3, -0.25) is 14.0 Å². The number of carbonyl (C=O) groups is 2. The van der Waals surface area contributed by atoms with Crippen LogP contribution in [0.4, 0.5) is 0 Å². The van der Waals surface area contributed by atoms with Crippen LogP contribution in [-0.4, -0.2) is 56.9 Å². The summed E-state index contributed by atoms with van der Waals surface area (Å²) in [4.78, 5) is 26.9. The molecule has 3 heterocycles. The predicted molar refractivity (Wildman–Crippen MR) is 108 cm³/mol. The van der Waals surface area contributed by atoms with Gasteiger partial charge < -0.3 is 10.2 Å². The Morgan fingerprint density at radius 1 is 1.30 bits per heavy atom. The van der Waals surface area contributed by atoms with Crippen LogP contribution in [0.1, 0.15) is 28.0 Å². The first kappa shape index (κ1) is 19.4. The third kappa shape index (κ3) is 4.67. The Kier molecular flexibility index (Phi) is 6.46. The monoisotopic (exact) mass is 403 g/mol. The van der Waals surface area contributed by atoms with Gasteiger partial charge in [-0.2, -0.15) is 11.8 Å². The number of fused-ring (bicyclic) bond motifs is 1. The van der Waals surface area contributed by atoms with Gasteiger partial charge in [0.15, 0.2) is 11.5 Å². The number of hydrogen-bond donors (Lipinski definition) is 1. The van der Waals surface area contributed by atoms with E-state index in [0.717, 1.165) is 17.8 Å². The Hall–Kier alpha value is -2.39. The summed E-state index contributed by atoms with van der Waals surface area (Å²) in [5.41, 5.74) is 0.737. The number of hydrogen-bond acceptors (Lipinski definition) is 6. The Morgan fingerprint density at radius 2 is 2.15 bits per heavy atom. The van der Waals surface area contributed by atoms with Crippen molar-refractivity contribution in [1.82, 2.24) is 24.8 Å². The van der Waals surface area contributed by atoms with Crippen LogP contribution in [0.2, 0.25) is 0 Å². The average Bonchev–Trinajstić information content (AvgIpc) is 3.34. The quantitative estimate of drug-likeness (QED) is 0.625. The van der Waals surface area contributed by atoms with E-state index in [1.807, 2.05) is 46.5 Å². The fourth-order valence-electron chi connectivity index (χ4n) is 2.71. The number of nitrogens with zero attached hydrogens (tertiary/aromatic N) is 4. The summed E-state index contributed by atoms with van der Waals surface area (Å²) in [6, 6.07) is 8.98. The van der Waals surface area contributed by atoms with Crippen LogP contribution >= 0.6 is 23.1 Å². The first-order valence-electron chi connectivity index (χ1n) is 8.47. The van der Waals surface area contributed by atoms with E-state index in [4.69, 9.17) is 0 Å². The summed E-state index contributed by atoms with van der Waals surface area (Å²) in [5, 5.41) is 13.3. The Balaban J connectivity index is 1.70. The van der Waals surface area contributed by atoms with Crippen LogP contribution < -0.4 is 5.32 Å². The number of amides is 2. The minimum atomic E-state index is -0.271. The third-order valence-corrected chi connectivity index (χ3v) is 5.56. The maximum atomic E-state index is 12.6. The molecule has 27 heavy (non-hydrogen) atoms. The molecule has 0 aromatic carbocycles. The van der Waals surface area contributed by atoms with Gasteiger partial charge in [0.05, 0.1) is 17.5 Å². The molecule has 0 spiro atoms. The molecule has 2 amide bonds. The van der Waals surface area contributed by atoms with Gasteiger partial charge in [0.1, 0.15) is 0 Å². The highest BCUT2D eigenvalue weighted by atomic mass is 32.2. The van der Waals surface area contributed by atoms with Crippen molar-refractivity contribution in [2.24, 2.45) is 0 Å². The molecule has 7 nitrogen and oxygen atoms in total. The summed E-state index contributed by atoms with van der Waals surface area (Å²) in [5.74, 6) is 1.19. The van der Waals surface area contributed by atoms with E-state index in [1.54, 1.807) is 24.9 Å². The molecule has 0 saturated carbocycles. The van der Waals surface area contributed by atoms with Crippen molar-refractivity contribution in [2.45, 2.75) is 12.5 Å². The topological polar surface area (TPSA) is 79.6 Å². The molecular weight excluding hydrogens is 382 g/mol. The van der Waals surface area contributed by atoms with E-state index >= 15 is 0 Å². The molecule has 9 heteroatoms. The molecular formula is C18H21N5O2S2. The zero-order valence-corrected chi connectivity index (χ0v) is 16.8. The maximum Gasteiger partial charge on any atom is 0.264 e. The highest BCUT2D eigenvalue weighted by molar-refractivity contribution is 7.98. The lowest BCUT2D eigenvalue weighted by atomic mass is 10.2. The van der Waals surface area contributed by atoms with Crippen molar-refractivity contribution < 1.29 is 9.59 Å². The van der Waals surface area contributed by atoms with Crippen LogP contribution in [0, 0.1) is 0 Å². The van der Waals surface area contributed by atoms with E-state index in [-0.39, 0.29) is 24.4 Å². The lowest BCUT2D eigenvalue weighted by molar-refractivity contribution is -0.122. The SMILES string of the molecule is CSCCC(NC(=O)CN(C)C(=O)c1cccs1)c1nnc2ccccn12. The predicted octanol–water partition coefficient (Wildman–Crippen LogP) is 2.47. The first-order chi connectivity index (χ1) is 13.1. The first-order valence-corrected chi connectivity index (χ1v) is 10.7. The Bertz CT molecular complexity index is 910. The van der Waals surface area contributed by atoms with Crippen LogP contribution in [0.5, 0.6) is 0 Å². The number of carbonyl (C=O) groups excluding carboxylic acids is 2. The van der Waals surface area contributed by atoms with Crippen molar-refractivity contribution >= 4 is 40.6 Å². The summed E-state index contributed by atoms with van der Waals surface area (Å²) >= 11 is 3.07. The summed E-state index contributed by atoms with van der Waals surface area (Å²) in [6.45, 7) is -0.0107. The van der Waals surface area contributed by atoms with Crippen LogP contribution in [0.15, 0.2) is 41.9 Å². The van der Waals surface area contributed by atoms with Crippen LogP contribution in [-0.2, 0) is 4.79 Å². The normalized spacial score (nSPS) is 12.1. The average molecular weight is 404 g/mol. The zero-order chi connectivity index (χ0) is 19.2. The second-order valence-corrected chi connectivity index (χ2v) is 7.96. The number of likely N-dealkylation sites (N-methyl/N-ethyl adjacent to an activating group) is 1. The number of pyridine rings is 1. The molecule has 0 fully saturated rings. The molecule has 0 saturated heterocycles. The van der Waals surface area contributed by atoms with E-state index in [1.165, 1.54) is 16.2 Å². The van der Waals surface area contributed by atoms with Crippen molar-refractivity contribution in [3.63, 3.8) is 0 Å². The summed E-state index contributed by atoms with van der Waals surface area (Å²) in [6.07, 6.45) is 4.63. The zero-order valence-electron chi connectivity index (χ0n) is 15.2. The second-order valence-electron chi connectivity index (χ2n) is 6.03. The molecule has 0 aliphatic carbocycles. The molecule has 1 N–H and O–H groups in total. The summed E-state index contributed by atoms with van der Waals surface area (Å²) < 4.78 is 1.88. The van der Waals surface area contributed by atoms with Gasteiger partial charge in [-0.25, -0.2) is 0 Å². The highest BCUT2D eigenvalue weighted by Crippen LogP contribution is 2.18. The lowest BCUT2D eigenvalue weighted by Crippen LogP contribution is -2.40. The molecule has 0 aliphatic rings. The highest BCUT2D eigenvalue weighted by Gasteiger charge is 2.22. The fraction of sp³-hybridized carbons (Fsp3) is 0.333. The molecule has 0 aliphatic heterocycles. The molecule has 0 bridgehead atoms. The van der Waals surface area contributed by atoms with Crippen molar-refractivity contribution in [3.8, 4) is 0 Å². The van der Waals surface area contributed by atoms with E-state index in [2.05, 4.69) is 15.5 Å². The van der Waals surface area contributed by atoms with Crippen molar-refractivity contribution in [3.05, 3.63) is 52.6 Å². The standard InChI is InChI=1S/C18H21N5O2S2/c1-22(18(25)14-6-5-10-27-14)12-16(24)19-13(8-11-26-2)17-21-20-15-7-3-4-9-23(15)17/h3-7,9-10,13H,8,11-12H2,1-2H3,(H,19,24). The minimum absolute atomic E-state index is 0.0107. The number of nitrogens with one attached hydrogen (secondary N) is 1. The Labute approximate surface area is 165 Å². The molecule has 0 radical (unpaired) electrons. The molecule has 1 unspecified atom stereocenters. The van der Waals surface area contributed by atoms with E-state index in [9.17, 15) is 9.59 Å². The summed E-state index contributed by atoms with van der Waals surface area (Å²) in [7, 11) is 1.63. The number of thiophene rings is 1. The maximum absolute atomic E-state index is 12.6. The molecule has 142 valence electrons. The van der Waals surface area contributed by atoms with Gasteiger partial charge in [0.2, 0.25) is 5.91 Å². The molecule has 1 atom stereocenters. The van der Waals surface area contributed by atoms with E-state index in [0.29, 0.717) is 10.7 Å². The molecule has 3 aromatic rings. The smallest absolute Gasteiger partial charge is 0.264 e. The minimum Gasteiger partial charge on any atom is -0.344 e. The fourth-order valence-corrected chi connectivity index (χ4v) is 3.90. The van der Waals surface area contributed by atoms with Gasteiger partial charge in [0.25, 0.3) is 5.91 Å². The van der Waals surface area contributed by atoms with Gasteiger partial charge in [-0.15, -0.1) is 21.5 Å². The van der Waals surface area contributed by atoms with E-state index < -0.39 is 0 Å². The molecule has 3 rings (SSSR count). The molecule has 3 aromatic heterocycles. The van der Waals surface area contributed by atoms with Gasteiger partial charge in [0, 0.05) is 13.2 Å². The van der Waals surface area contributed by atoms with Crippen molar-refractivity contribution in [2.75, 3.05) is 25.6 Å². The Morgan fingerprint density at radius 3 is 2.89 bits per heavy atom.